The van der Waals surface area contributed by atoms with Crippen molar-refractivity contribution in [3.63, 3.8) is 0 Å². The van der Waals surface area contributed by atoms with E-state index < -0.39 is 21.7 Å². The van der Waals surface area contributed by atoms with Gasteiger partial charge in [0.05, 0.1) is 26.4 Å². The maximum absolute atomic E-state index is 8.77. The van der Waals surface area contributed by atoms with Gasteiger partial charge in [0.2, 0.25) is 0 Å². The minimum absolute atomic E-state index is 0. The molecule has 250 valence electrons. The minimum Gasteiger partial charge on any atom is -0.760 e. The lowest BCUT2D eigenvalue weighted by Crippen LogP contribution is -1.99. The fourth-order valence-electron chi connectivity index (χ4n) is 2.20. The largest absolute Gasteiger partial charge is 0.760 e. The van der Waals surface area contributed by atoms with Crippen molar-refractivity contribution >= 4 is 95.7 Å². The molecule has 5 N–H and O–H groups in total. The van der Waals surface area contributed by atoms with Crippen LogP contribution in [-0.2, 0) is 34.5 Å². The Labute approximate surface area is 293 Å². The molecule has 3 heterocycles. The Bertz CT molecular complexity index is 1020. The first kappa shape index (κ1) is 54.7. The summed E-state index contributed by atoms with van der Waals surface area (Å²) in [7, 11) is 1.80. The highest BCUT2D eigenvalue weighted by molar-refractivity contribution is 8.93. The first-order valence-corrected chi connectivity index (χ1v) is 15.8. The van der Waals surface area contributed by atoms with Crippen molar-refractivity contribution in [2.45, 2.75) is 46.5 Å². The highest BCUT2D eigenvalue weighted by atomic mass is 79.9. The molecule has 10 nitrogen and oxygen atoms in total. The second-order valence-electron chi connectivity index (χ2n) is 7.11. The van der Waals surface area contributed by atoms with Crippen LogP contribution in [0, 0.1) is 5.92 Å². The van der Waals surface area contributed by atoms with Crippen LogP contribution in [0.4, 0.5) is 0 Å². The van der Waals surface area contributed by atoms with Crippen LogP contribution in [0.1, 0.15) is 45.0 Å². The van der Waals surface area contributed by atoms with Crippen LogP contribution < -0.4 is 0 Å². The predicted octanol–water partition coefficient (Wildman–Crippen LogP) is 7.49. The predicted molar refractivity (Wildman–Crippen MR) is 185 cm³/mol. The Morgan fingerprint density at radius 2 is 1.16 bits per heavy atom. The summed E-state index contributed by atoms with van der Waals surface area (Å²) in [6, 6.07) is 11.1. The summed E-state index contributed by atoms with van der Waals surface area (Å²) in [4.78, 5) is 12.1. The third-order valence-electron chi connectivity index (χ3n) is 4.03. The summed E-state index contributed by atoms with van der Waals surface area (Å²) in [5.74, 6) is 0.707. The zero-order valence-corrected chi connectivity index (χ0v) is 30.7. The Balaban J connectivity index is -0.000000101. The monoisotopic (exact) mass is 809 g/mol. The van der Waals surface area contributed by atoms with E-state index in [0.717, 1.165) is 30.7 Å². The normalized spacial score (nSPS) is 10.6. The zero-order chi connectivity index (χ0) is 31.5. The number of nitrogens with zero attached hydrogens (tertiary/aromatic N) is 3. The SMILES string of the molecule is Br.C=C.CCC(C)Cc1ccc(Cl)cn1.CCCc1ccc(Cl)cn1.Clc1ccc(Cl)nc1.O.O.O=S([O-])Cl.O=S([O-])O. The van der Waals surface area contributed by atoms with Gasteiger partial charge in [-0.3, -0.25) is 14.2 Å². The van der Waals surface area contributed by atoms with Crippen molar-refractivity contribution in [2.24, 2.45) is 5.92 Å². The van der Waals surface area contributed by atoms with E-state index in [1.807, 2.05) is 24.3 Å². The van der Waals surface area contributed by atoms with Gasteiger partial charge in [-0.15, -0.1) is 30.1 Å². The summed E-state index contributed by atoms with van der Waals surface area (Å²) < 4.78 is 41.6. The van der Waals surface area contributed by atoms with Crippen molar-refractivity contribution < 1.29 is 33.0 Å². The number of aromatic nitrogens is 3. The summed E-state index contributed by atoms with van der Waals surface area (Å²) >= 11 is 19.4. The second kappa shape index (κ2) is 37.4. The lowest BCUT2D eigenvalue weighted by molar-refractivity contribution is 0.436. The molecule has 43 heavy (non-hydrogen) atoms. The summed E-state index contributed by atoms with van der Waals surface area (Å²) in [6.07, 6.45) is 9.32. The van der Waals surface area contributed by atoms with Crippen LogP contribution in [0.25, 0.3) is 0 Å². The summed E-state index contributed by atoms with van der Waals surface area (Å²) in [5, 5.41) is 2.49. The van der Waals surface area contributed by atoms with Gasteiger partial charge in [0.25, 0.3) is 0 Å². The fourth-order valence-corrected chi connectivity index (χ4v) is 2.64. The topological polar surface area (TPSA) is 202 Å². The molecule has 0 aromatic carbocycles. The first-order valence-electron chi connectivity index (χ1n) is 11.3. The molecule has 3 atom stereocenters. The van der Waals surface area contributed by atoms with Crippen molar-refractivity contribution in [2.75, 3.05) is 0 Å². The summed E-state index contributed by atoms with van der Waals surface area (Å²) in [5.41, 5.74) is 2.25. The lowest BCUT2D eigenvalue weighted by Gasteiger charge is -2.06. The van der Waals surface area contributed by atoms with E-state index in [9.17, 15) is 0 Å². The standard InChI is InChI=1S/C10H14ClN.C8H10ClN.C5H3Cl2N.C2H4.BrH.ClHO2S.H2O3S.2H2O/c1-3-8(2)6-10-5-4-9(11)7-12-10;1-2-3-8-5-4-7(9)6-10-8;6-4-1-2-5(7)8-3-4;1-2;;2*1-4(2)3;;/h4-5,7-8H,3,6H2,1-2H3;4-6H,2-3H2,1H3;1-3H;1-2H2;1H;(H,2,3);(H2,1,2,3);2*1H2/p-2. The van der Waals surface area contributed by atoms with Gasteiger partial charge in [-0.2, -0.15) is 0 Å². The maximum atomic E-state index is 8.77. The van der Waals surface area contributed by atoms with Gasteiger partial charge in [0.15, 0.2) is 0 Å². The smallest absolute Gasteiger partial charge is 0.129 e. The number of aryl methyl sites for hydroxylation is 1. The van der Waals surface area contributed by atoms with Crippen LogP contribution in [0.2, 0.25) is 20.2 Å². The molecule has 0 spiro atoms. The third-order valence-corrected chi connectivity index (χ3v) is 4.92. The molecule has 0 radical (unpaired) electrons. The van der Waals surface area contributed by atoms with E-state index >= 15 is 0 Å². The molecule has 3 rings (SSSR count). The molecule has 0 fully saturated rings. The van der Waals surface area contributed by atoms with Gasteiger partial charge in [-0.1, -0.05) is 80.0 Å². The molecule has 3 aromatic heterocycles. The lowest BCUT2D eigenvalue weighted by atomic mass is 10.0. The van der Waals surface area contributed by atoms with Crippen LogP contribution in [-0.4, -0.2) is 48.0 Å². The van der Waals surface area contributed by atoms with Gasteiger partial charge in [0, 0.05) is 40.3 Å². The van der Waals surface area contributed by atoms with Gasteiger partial charge in [-0.05, 0) is 65.8 Å². The number of hydrogen-bond donors (Lipinski definition) is 1. The van der Waals surface area contributed by atoms with Gasteiger partial charge < -0.3 is 24.6 Å². The summed E-state index contributed by atoms with van der Waals surface area (Å²) in [6.45, 7) is 12.6. The average molecular weight is 813 g/mol. The molecule has 3 aromatic rings. The van der Waals surface area contributed by atoms with Crippen LogP contribution in [0.3, 0.4) is 0 Å². The van der Waals surface area contributed by atoms with Gasteiger partial charge in [0.1, 0.15) is 5.15 Å². The van der Waals surface area contributed by atoms with Gasteiger partial charge >= 0.3 is 0 Å². The van der Waals surface area contributed by atoms with Crippen molar-refractivity contribution in [3.8, 4) is 0 Å². The molecule has 3 unspecified atom stereocenters. The molecule has 0 saturated carbocycles. The fraction of sp³-hybridized carbons (Fsp3) is 0.320. The van der Waals surface area contributed by atoms with Crippen LogP contribution >= 0.6 is 74.1 Å². The van der Waals surface area contributed by atoms with Crippen LogP contribution in [0.15, 0.2) is 68.1 Å². The molecule has 0 aliphatic carbocycles. The highest BCUT2D eigenvalue weighted by Crippen LogP contribution is 2.12. The molecule has 0 amide bonds. The highest BCUT2D eigenvalue weighted by Gasteiger charge is 2.01. The Morgan fingerprint density at radius 3 is 1.42 bits per heavy atom. The van der Waals surface area contributed by atoms with E-state index in [1.165, 1.54) is 12.6 Å². The molecule has 0 aliphatic heterocycles. The maximum Gasteiger partial charge on any atom is 0.129 e. The quantitative estimate of drug-likeness (QED) is 0.118. The number of hydrogen-bond acceptors (Lipinski definition) is 7. The molecule has 0 aliphatic rings. The van der Waals surface area contributed by atoms with E-state index in [1.54, 1.807) is 24.5 Å². The van der Waals surface area contributed by atoms with Crippen molar-refractivity contribution in [1.82, 2.24) is 15.0 Å². The first-order chi connectivity index (χ1) is 18.8. The number of pyridine rings is 3. The van der Waals surface area contributed by atoms with E-state index in [0.29, 0.717) is 26.1 Å². The molecule has 18 heteroatoms. The zero-order valence-electron chi connectivity index (χ0n) is 23.6. The molecule has 0 saturated heterocycles. The number of rotatable bonds is 5. The minimum atomic E-state index is -2.86. The third kappa shape index (κ3) is 43.4. The Hall–Kier alpha value is -0.780. The average Bonchev–Trinajstić information content (AvgIpc) is 2.90. The van der Waals surface area contributed by atoms with E-state index in [-0.39, 0.29) is 27.9 Å². The second-order valence-corrected chi connectivity index (χ2v) is 10.4. The Morgan fingerprint density at radius 1 is 0.814 bits per heavy atom. The Kier molecular flexibility index (Phi) is 47.6. The number of halogens is 6. The van der Waals surface area contributed by atoms with Crippen molar-refractivity contribution in [1.29, 1.82) is 0 Å². The van der Waals surface area contributed by atoms with E-state index in [2.05, 4.69) is 59.6 Å². The van der Waals surface area contributed by atoms with E-state index in [4.69, 9.17) is 68.5 Å². The van der Waals surface area contributed by atoms with Gasteiger partial charge in [-0.25, -0.2) is 9.19 Å². The van der Waals surface area contributed by atoms with Crippen molar-refractivity contribution in [3.05, 3.63) is 99.8 Å². The molecular formula is C25H37BrCl5N3O7S2-2. The molecule has 0 bridgehead atoms. The van der Waals surface area contributed by atoms with Crippen LogP contribution in [0.5, 0.6) is 0 Å². The molecular weight excluding hydrogens is 776 g/mol.